The van der Waals surface area contributed by atoms with Gasteiger partial charge >= 0.3 is 0 Å². The predicted octanol–water partition coefficient (Wildman–Crippen LogP) is -0.870. The smallest absolute Gasteiger partial charge is 0.123 e. The van der Waals surface area contributed by atoms with Gasteiger partial charge in [-0.15, -0.1) is 0 Å². The van der Waals surface area contributed by atoms with Crippen LogP contribution < -0.4 is 10.2 Å². The van der Waals surface area contributed by atoms with Crippen molar-refractivity contribution in [2.75, 3.05) is 0 Å². The summed E-state index contributed by atoms with van der Waals surface area (Å²) >= 11 is 0. The van der Waals surface area contributed by atoms with Crippen molar-refractivity contribution in [3.05, 3.63) is 41.5 Å². The first-order valence-electron chi connectivity index (χ1n) is 5.61. The molecule has 0 heterocycles. The lowest BCUT2D eigenvalue weighted by Gasteiger charge is -2.13. The first kappa shape index (κ1) is 12.9. The van der Waals surface area contributed by atoms with Crippen LogP contribution in [0, 0.1) is 0 Å². The Hall–Kier alpha value is -2.56. The SMILES string of the molecule is O=C([O-])Cc1cccc2c(O)ccc(CC(=O)[O-])c12. The number of carboxylic acids is 2. The van der Waals surface area contributed by atoms with Crippen LogP contribution in [0.25, 0.3) is 10.8 Å². The number of carboxylic acid groups (broad SMARTS) is 2. The molecule has 5 heteroatoms. The number of benzene rings is 2. The van der Waals surface area contributed by atoms with Gasteiger partial charge in [0.15, 0.2) is 0 Å². The van der Waals surface area contributed by atoms with Crippen molar-refractivity contribution in [2.45, 2.75) is 12.8 Å². The molecular weight excluding hydrogens is 248 g/mol. The number of hydrogen-bond acceptors (Lipinski definition) is 5. The largest absolute Gasteiger partial charge is 0.550 e. The highest BCUT2D eigenvalue weighted by atomic mass is 16.4. The van der Waals surface area contributed by atoms with Gasteiger partial charge in [0.2, 0.25) is 0 Å². The van der Waals surface area contributed by atoms with E-state index in [1.807, 2.05) is 0 Å². The number of aliphatic carboxylic acids is 2. The Morgan fingerprint density at radius 1 is 0.947 bits per heavy atom. The van der Waals surface area contributed by atoms with Crippen LogP contribution in [-0.4, -0.2) is 17.0 Å². The number of hydrogen-bond donors (Lipinski definition) is 1. The molecule has 0 amide bonds. The molecule has 2 aromatic rings. The highest BCUT2D eigenvalue weighted by molar-refractivity contribution is 5.96. The van der Waals surface area contributed by atoms with Crippen LogP contribution in [0.4, 0.5) is 0 Å². The zero-order chi connectivity index (χ0) is 14.0. The van der Waals surface area contributed by atoms with Crippen LogP contribution in [0.15, 0.2) is 30.3 Å². The number of carbonyl (C=O) groups is 2. The van der Waals surface area contributed by atoms with Gasteiger partial charge < -0.3 is 24.9 Å². The van der Waals surface area contributed by atoms with E-state index in [1.165, 1.54) is 12.1 Å². The van der Waals surface area contributed by atoms with Crippen molar-refractivity contribution in [1.82, 2.24) is 0 Å². The van der Waals surface area contributed by atoms with E-state index in [-0.39, 0.29) is 18.6 Å². The third kappa shape index (κ3) is 2.65. The van der Waals surface area contributed by atoms with Gasteiger partial charge in [-0.25, -0.2) is 0 Å². The van der Waals surface area contributed by atoms with E-state index in [1.54, 1.807) is 18.2 Å². The number of fused-ring (bicyclic) bond motifs is 1. The van der Waals surface area contributed by atoms with Crippen LogP contribution >= 0.6 is 0 Å². The molecule has 0 aromatic heterocycles. The molecule has 1 N–H and O–H groups in total. The number of carbonyl (C=O) groups excluding carboxylic acids is 2. The summed E-state index contributed by atoms with van der Waals surface area (Å²) in [6, 6.07) is 7.59. The fourth-order valence-electron chi connectivity index (χ4n) is 2.15. The van der Waals surface area contributed by atoms with Crippen molar-refractivity contribution in [1.29, 1.82) is 0 Å². The standard InChI is InChI=1S/C14H12O5/c15-11-5-4-9(7-13(18)19)14-8(6-12(16)17)2-1-3-10(11)14/h1-5,15H,6-7H2,(H,16,17)(H,18,19)/p-2. The van der Waals surface area contributed by atoms with E-state index < -0.39 is 11.9 Å². The van der Waals surface area contributed by atoms with Crippen LogP contribution in [-0.2, 0) is 22.4 Å². The van der Waals surface area contributed by atoms with E-state index in [9.17, 15) is 24.9 Å². The maximum Gasteiger partial charge on any atom is 0.123 e. The summed E-state index contributed by atoms with van der Waals surface area (Å²) in [4.78, 5) is 21.5. The average Bonchev–Trinajstić information content (AvgIpc) is 2.32. The summed E-state index contributed by atoms with van der Waals surface area (Å²) in [5, 5.41) is 32.1. The number of phenolic OH excluding ortho intramolecular Hbond substituents is 1. The van der Waals surface area contributed by atoms with E-state index in [4.69, 9.17) is 0 Å². The van der Waals surface area contributed by atoms with Crippen LogP contribution in [0.1, 0.15) is 11.1 Å². The third-order valence-corrected chi connectivity index (χ3v) is 2.86. The molecule has 0 aliphatic rings. The van der Waals surface area contributed by atoms with Gasteiger partial charge in [0.25, 0.3) is 0 Å². The van der Waals surface area contributed by atoms with E-state index in [0.717, 1.165) is 0 Å². The predicted molar refractivity (Wildman–Crippen MR) is 63.0 cm³/mol. The Morgan fingerprint density at radius 3 is 2.11 bits per heavy atom. The zero-order valence-corrected chi connectivity index (χ0v) is 9.88. The molecule has 98 valence electrons. The second-order valence-electron chi connectivity index (χ2n) is 4.18. The Morgan fingerprint density at radius 2 is 1.53 bits per heavy atom. The lowest BCUT2D eigenvalue weighted by atomic mass is 9.95. The minimum Gasteiger partial charge on any atom is -0.550 e. The van der Waals surface area contributed by atoms with Crippen LogP contribution in [0.5, 0.6) is 5.75 Å². The molecule has 19 heavy (non-hydrogen) atoms. The molecule has 0 saturated heterocycles. The highest BCUT2D eigenvalue weighted by Gasteiger charge is 2.10. The molecule has 2 rings (SSSR count). The topological polar surface area (TPSA) is 100 Å². The first-order valence-corrected chi connectivity index (χ1v) is 5.61. The average molecular weight is 258 g/mol. The second-order valence-corrected chi connectivity index (χ2v) is 4.18. The second kappa shape index (κ2) is 4.97. The summed E-state index contributed by atoms with van der Waals surface area (Å²) in [7, 11) is 0. The van der Waals surface area contributed by atoms with Gasteiger partial charge in [0, 0.05) is 30.2 Å². The maximum absolute atomic E-state index is 10.7. The molecule has 0 aliphatic carbocycles. The Bertz CT molecular complexity index is 638. The van der Waals surface area contributed by atoms with Crippen molar-refractivity contribution >= 4 is 22.7 Å². The Kier molecular flexibility index (Phi) is 3.37. The molecule has 0 spiro atoms. The van der Waals surface area contributed by atoms with Gasteiger partial charge in [0.05, 0.1) is 0 Å². The van der Waals surface area contributed by atoms with Crippen molar-refractivity contribution in [2.24, 2.45) is 0 Å². The van der Waals surface area contributed by atoms with Gasteiger partial charge in [0.1, 0.15) is 5.75 Å². The highest BCUT2D eigenvalue weighted by Crippen LogP contribution is 2.30. The van der Waals surface area contributed by atoms with Crippen molar-refractivity contribution in [3.63, 3.8) is 0 Å². The minimum atomic E-state index is -1.27. The zero-order valence-electron chi connectivity index (χ0n) is 9.88. The fourth-order valence-corrected chi connectivity index (χ4v) is 2.15. The molecule has 0 fully saturated rings. The molecular formula is C14H10O5-2. The van der Waals surface area contributed by atoms with E-state index in [2.05, 4.69) is 0 Å². The lowest BCUT2D eigenvalue weighted by Crippen LogP contribution is -2.25. The number of aromatic hydroxyl groups is 1. The fraction of sp³-hybridized carbons (Fsp3) is 0.143. The molecule has 5 nitrogen and oxygen atoms in total. The van der Waals surface area contributed by atoms with Gasteiger partial charge in [-0.1, -0.05) is 24.3 Å². The van der Waals surface area contributed by atoms with Gasteiger partial charge in [-0.05, 0) is 22.6 Å². The third-order valence-electron chi connectivity index (χ3n) is 2.86. The molecule has 0 bridgehead atoms. The normalized spacial score (nSPS) is 10.5. The van der Waals surface area contributed by atoms with Crippen LogP contribution in [0.3, 0.4) is 0 Å². The summed E-state index contributed by atoms with van der Waals surface area (Å²) in [6.07, 6.45) is -0.693. The Labute approximate surface area is 108 Å². The molecule has 0 saturated carbocycles. The first-order chi connectivity index (χ1) is 8.99. The summed E-state index contributed by atoms with van der Waals surface area (Å²) < 4.78 is 0. The summed E-state index contributed by atoms with van der Waals surface area (Å²) in [5.74, 6) is -2.57. The van der Waals surface area contributed by atoms with E-state index >= 15 is 0 Å². The number of rotatable bonds is 4. The molecule has 0 radical (unpaired) electrons. The molecule has 0 unspecified atom stereocenters. The van der Waals surface area contributed by atoms with Crippen molar-refractivity contribution in [3.8, 4) is 5.75 Å². The minimum absolute atomic E-state index is 0.0303. The summed E-state index contributed by atoms with van der Waals surface area (Å²) in [5.41, 5.74) is 0.814. The molecule has 0 atom stereocenters. The number of phenols is 1. The molecule has 0 aliphatic heterocycles. The van der Waals surface area contributed by atoms with Crippen LogP contribution in [0.2, 0.25) is 0 Å². The van der Waals surface area contributed by atoms with Gasteiger partial charge in [-0.2, -0.15) is 0 Å². The monoisotopic (exact) mass is 258 g/mol. The quantitative estimate of drug-likeness (QED) is 0.768. The van der Waals surface area contributed by atoms with Crippen molar-refractivity contribution < 1.29 is 24.9 Å². The summed E-state index contributed by atoms with van der Waals surface area (Å²) in [6.45, 7) is 0. The maximum atomic E-state index is 10.7. The Balaban J connectivity index is 2.71. The lowest BCUT2D eigenvalue weighted by molar-refractivity contribution is -0.305. The molecule has 2 aromatic carbocycles. The van der Waals surface area contributed by atoms with Gasteiger partial charge in [-0.3, -0.25) is 0 Å². The van der Waals surface area contributed by atoms with E-state index in [0.29, 0.717) is 21.9 Å².